The van der Waals surface area contributed by atoms with Crippen LogP contribution in [0.2, 0.25) is 0 Å². The van der Waals surface area contributed by atoms with Crippen LogP contribution in [0.1, 0.15) is 11.1 Å². The summed E-state index contributed by atoms with van der Waals surface area (Å²) in [6.07, 6.45) is -9.03. The molecular weight excluding hydrogens is 513 g/mol. The molecule has 0 N–H and O–H groups in total. The first-order valence-corrected chi connectivity index (χ1v) is 12.3. The summed E-state index contributed by atoms with van der Waals surface area (Å²) in [5, 5.41) is 1.81. The molecule has 192 valence electrons. The summed E-state index contributed by atoms with van der Waals surface area (Å²) in [6.45, 7) is 0. The van der Waals surface area contributed by atoms with E-state index in [0.717, 1.165) is 29.6 Å². The highest BCUT2D eigenvalue weighted by atomic mass is 31.1. The summed E-state index contributed by atoms with van der Waals surface area (Å²) in [7, 11) is 1.45. The smallest absolute Gasteiger partial charge is 0.416 e. The van der Waals surface area contributed by atoms with Gasteiger partial charge in [0.2, 0.25) is 0 Å². The summed E-state index contributed by atoms with van der Waals surface area (Å²) in [5.41, 5.74) is -0.284. The maximum atomic E-state index is 13.2. The molecule has 37 heavy (non-hydrogen) atoms. The third-order valence-electron chi connectivity index (χ3n) is 5.75. The second kappa shape index (κ2) is 10.5. The van der Waals surface area contributed by atoms with E-state index in [1.165, 1.54) is 38.5 Å². The lowest BCUT2D eigenvalue weighted by Gasteiger charge is -2.24. The van der Waals surface area contributed by atoms with Crippen LogP contribution in [0.15, 0.2) is 91.0 Å². The van der Waals surface area contributed by atoms with Gasteiger partial charge in [-0.25, -0.2) is 0 Å². The van der Waals surface area contributed by atoms with Gasteiger partial charge in [0.25, 0.3) is 0 Å². The number of rotatable bonds is 6. The Kier molecular flexibility index (Phi) is 7.51. The first kappa shape index (κ1) is 26.6. The number of benzene rings is 4. The average molecular weight is 534 g/mol. The van der Waals surface area contributed by atoms with Gasteiger partial charge in [-0.3, -0.25) is 0 Å². The van der Waals surface area contributed by atoms with Gasteiger partial charge in [-0.05, 0) is 65.8 Å². The van der Waals surface area contributed by atoms with Gasteiger partial charge in [-0.2, -0.15) is 26.3 Å². The Morgan fingerprint density at radius 3 is 1.38 bits per heavy atom. The number of hydrogen-bond donors (Lipinski definition) is 0. The van der Waals surface area contributed by atoms with Crippen molar-refractivity contribution < 1.29 is 35.8 Å². The Morgan fingerprint density at radius 2 is 0.973 bits per heavy atom. The van der Waals surface area contributed by atoms with Gasteiger partial charge in [-0.1, -0.05) is 54.6 Å². The minimum atomic E-state index is -4.52. The van der Waals surface area contributed by atoms with Crippen LogP contribution in [0.5, 0.6) is 11.5 Å². The predicted molar refractivity (Wildman–Crippen MR) is 134 cm³/mol. The zero-order valence-corrected chi connectivity index (χ0v) is 20.6. The lowest BCUT2D eigenvalue weighted by Crippen LogP contribution is -2.23. The van der Waals surface area contributed by atoms with Crippen LogP contribution in [0.3, 0.4) is 0 Å². The molecule has 0 aliphatic heterocycles. The van der Waals surface area contributed by atoms with Crippen molar-refractivity contribution in [2.45, 2.75) is 12.4 Å². The summed E-state index contributed by atoms with van der Waals surface area (Å²) < 4.78 is 90.6. The van der Waals surface area contributed by atoms with Crippen molar-refractivity contribution in [1.82, 2.24) is 0 Å². The van der Waals surface area contributed by atoms with Crippen molar-refractivity contribution in [2.24, 2.45) is 0 Å². The van der Waals surface area contributed by atoms with E-state index in [4.69, 9.17) is 9.47 Å². The lowest BCUT2D eigenvalue weighted by molar-refractivity contribution is -0.138. The summed E-state index contributed by atoms with van der Waals surface area (Å²) in [6, 6.07) is 22.0. The molecule has 2 nitrogen and oxygen atoms in total. The van der Waals surface area contributed by atoms with Crippen LogP contribution < -0.4 is 25.4 Å². The van der Waals surface area contributed by atoms with Crippen molar-refractivity contribution in [3.05, 3.63) is 102 Å². The van der Waals surface area contributed by atoms with Crippen LogP contribution in [-0.4, -0.2) is 14.2 Å². The van der Waals surface area contributed by atoms with Crippen molar-refractivity contribution in [2.75, 3.05) is 14.2 Å². The molecule has 0 aromatic heterocycles. The molecule has 0 aliphatic carbocycles. The van der Waals surface area contributed by atoms with Gasteiger partial charge >= 0.3 is 12.4 Å². The molecule has 0 bridgehead atoms. The fourth-order valence-corrected chi connectivity index (χ4v) is 6.43. The molecule has 0 saturated carbocycles. The summed E-state index contributed by atoms with van der Waals surface area (Å²) in [4.78, 5) is 0. The predicted octanol–water partition coefficient (Wildman–Crippen LogP) is 7.17. The molecule has 0 radical (unpaired) electrons. The van der Waals surface area contributed by atoms with E-state index in [-0.39, 0.29) is 0 Å². The normalized spacial score (nSPS) is 12.0. The maximum absolute atomic E-state index is 13.2. The van der Waals surface area contributed by atoms with E-state index < -0.39 is 31.4 Å². The first-order chi connectivity index (χ1) is 17.5. The quantitative estimate of drug-likeness (QED) is 0.193. The lowest BCUT2D eigenvalue weighted by atomic mass is 10.0. The topological polar surface area (TPSA) is 18.5 Å². The molecule has 0 atom stereocenters. The number of methoxy groups -OCH3 is 2. The van der Waals surface area contributed by atoms with Gasteiger partial charge in [0.1, 0.15) is 11.5 Å². The highest BCUT2D eigenvalue weighted by Gasteiger charge is 2.32. The second-order valence-electron chi connectivity index (χ2n) is 7.98. The fraction of sp³-hybridized carbons (Fsp3) is 0.143. The molecule has 0 unspecified atom stereocenters. The van der Waals surface area contributed by atoms with Crippen LogP contribution in [-0.2, 0) is 12.4 Å². The average Bonchev–Trinajstić information content (AvgIpc) is 2.88. The third kappa shape index (κ3) is 5.59. The monoisotopic (exact) mass is 534 g/mol. The van der Waals surface area contributed by atoms with E-state index in [9.17, 15) is 26.3 Å². The van der Waals surface area contributed by atoms with Crippen molar-refractivity contribution >= 4 is 23.8 Å². The number of ether oxygens (including phenoxy) is 2. The number of halogens is 6. The summed E-state index contributed by atoms with van der Waals surface area (Å²) >= 11 is 0. The standard InChI is InChI=1S/C28H21F6O2P/c1-35-23-7-5-8-24(36-2)26(23)22-6-3-4-9-25(22)37(20-14-10-18(11-15-20)27(29,30)31)21-16-12-19(13-17-21)28(32,33)34/h3-17H,1-2H3. The van der Waals surface area contributed by atoms with Crippen molar-refractivity contribution in [3.8, 4) is 22.6 Å². The molecule has 0 amide bonds. The van der Waals surface area contributed by atoms with E-state index in [2.05, 4.69) is 0 Å². The Bertz CT molecular complexity index is 1280. The minimum Gasteiger partial charge on any atom is -0.496 e. The maximum Gasteiger partial charge on any atom is 0.416 e. The molecule has 4 aromatic rings. The van der Waals surface area contributed by atoms with E-state index in [0.29, 0.717) is 33.2 Å². The molecular formula is C28H21F6O2P. The van der Waals surface area contributed by atoms with Crippen LogP contribution >= 0.6 is 7.92 Å². The van der Waals surface area contributed by atoms with Gasteiger partial charge in [-0.15, -0.1) is 0 Å². The zero-order valence-electron chi connectivity index (χ0n) is 19.7. The third-order valence-corrected chi connectivity index (χ3v) is 8.25. The Hall–Kier alpha value is -3.51. The SMILES string of the molecule is COc1cccc(OC)c1-c1ccccc1P(c1ccc(C(F)(F)F)cc1)c1ccc(C(F)(F)F)cc1. The highest BCUT2D eigenvalue weighted by Crippen LogP contribution is 2.44. The second-order valence-corrected chi connectivity index (χ2v) is 10.2. The van der Waals surface area contributed by atoms with Crippen molar-refractivity contribution in [1.29, 1.82) is 0 Å². The summed E-state index contributed by atoms with van der Waals surface area (Å²) in [5.74, 6) is 1.03. The Balaban J connectivity index is 1.96. The molecule has 0 saturated heterocycles. The van der Waals surface area contributed by atoms with Gasteiger partial charge in [0.05, 0.1) is 30.9 Å². The largest absolute Gasteiger partial charge is 0.496 e. The van der Waals surface area contributed by atoms with E-state index in [1.54, 1.807) is 30.3 Å². The highest BCUT2D eigenvalue weighted by molar-refractivity contribution is 7.80. The fourth-order valence-electron chi connectivity index (χ4n) is 4.02. The molecule has 4 aromatic carbocycles. The van der Waals surface area contributed by atoms with Crippen LogP contribution in [0.25, 0.3) is 11.1 Å². The Labute approximate surface area is 211 Å². The minimum absolute atomic E-state index is 0.515. The van der Waals surface area contributed by atoms with Gasteiger partial charge in [0, 0.05) is 0 Å². The molecule has 0 aliphatic rings. The van der Waals surface area contributed by atoms with E-state index >= 15 is 0 Å². The first-order valence-electron chi connectivity index (χ1n) is 11.0. The molecule has 0 spiro atoms. The van der Waals surface area contributed by atoms with Crippen LogP contribution in [0, 0.1) is 0 Å². The van der Waals surface area contributed by atoms with Crippen LogP contribution in [0.4, 0.5) is 26.3 Å². The number of alkyl halides is 6. The van der Waals surface area contributed by atoms with Crippen molar-refractivity contribution in [3.63, 3.8) is 0 Å². The molecule has 0 fully saturated rings. The molecule has 9 heteroatoms. The van der Waals surface area contributed by atoms with Gasteiger partial charge < -0.3 is 9.47 Å². The van der Waals surface area contributed by atoms with E-state index in [1.807, 2.05) is 12.1 Å². The van der Waals surface area contributed by atoms with Gasteiger partial charge in [0.15, 0.2) is 0 Å². The Morgan fingerprint density at radius 1 is 0.541 bits per heavy atom. The molecule has 0 heterocycles. The zero-order chi connectivity index (χ0) is 26.8. The molecule has 4 rings (SSSR count). The number of hydrogen-bond acceptors (Lipinski definition) is 2.